The van der Waals surface area contributed by atoms with Gasteiger partial charge in [0.05, 0.1) is 5.75 Å². The van der Waals surface area contributed by atoms with Crippen LogP contribution in [0.2, 0.25) is 0 Å². The minimum Gasteiger partial charge on any atom is -0.212 e. The van der Waals surface area contributed by atoms with Gasteiger partial charge < -0.3 is 0 Å². The summed E-state index contributed by atoms with van der Waals surface area (Å²) in [4.78, 5) is 0. The Morgan fingerprint density at radius 2 is 1.89 bits per heavy atom. The topological polar surface area (TPSA) is 37.4 Å². The first-order chi connectivity index (χ1) is 8.99. The molecule has 108 valence electrons. The zero-order valence-corrected chi connectivity index (χ0v) is 13.1. The molecule has 0 bridgehead atoms. The Balaban J connectivity index is 2.62. The highest BCUT2D eigenvalue weighted by molar-refractivity contribution is 7.89. The molecule has 0 saturated carbocycles. The van der Waals surface area contributed by atoms with E-state index in [1.807, 2.05) is 44.2 Å². The molecule has 1 aromatic rings. The molecular weight excluding hydrogens is 282 g/mol. The number of hydrogen-bond donors (Lipinski definition) is 0. The maximum absolute atomic E-state index is 12.2. The van der Waals surface area contributed by atoms with E-state index in [4.69, 9.17) is 11.6 Å². The van der Waals surface area contributed by atoms with Gasteiger partial charge in [-0.05, 0) is 17.9 Å². The third-order valence-corrected chi connectivity index (χ3v) is 5.74. The normalized spacial score (nSPS) is 13.7. The summed E-state index contributed by atoms with van der Waals surface area (Å²) in [5.74, 6) is 0.478. The smallest absolute Gasteiger partial charge is 0.212 e. The lowest BCUT2D eigenvalue weighted by Gasteiger charge is -2.22. The molecule has 0 saturated heterocycles. The van der Waals surface area contributed by atoms with Gasteiger partial charge in [0.1, 0.15) is 0 Å². The molecule has 0 aliphatic rings. The Hall–Kier alpha value is -0.580. The summed E-state index contributed by atoms with van der Waals surface area (Å²) in [5.41, 5.74) is 1.15. The maximum Gasteiger partial charge on any atom is 0.214 e. The van der Waals surface area contributed by atoms with E-state index in [-0.39, 0.29) is 11.7 Å². The van der Waals surface area contributed by atoms with Crippen molar-refractivity contribution in [2.75, 3.05) is 24.7 Å². The highest BCUT2D eigenvalue weighted by Gasteiger charge is 2.22. The standard InChI is InChI=1S/C14H22ClNO2S/c1-3-16(19(17,18)12-13(2)11-15)10-9-14-7-5-4-6-8-14/h4-8,13H,3,9-12H2,1-2H3. The van der Waals surface area contributed by atoms with Crippen LogP contribution in [-0.2, 0) is 16.4 Å². The van der Waals surface area contributed by atoms with E-state index >= 15 is 0 Å². The molecule has 0 fully saturated rings. The van der Waals surface area contributed by atoms with Crippen molar-refractivity contribution in [3.8, 4) is 0 Å². The van der Waals surface area contributed by atoms with Crippen LogP contribution in [0.3, 0.4) is 0 Å². The number of hydrogen-bond acceptors (Lipinski definition) is 2. The fraction of sp³-hybridized carbons (Fsp3) is 0.571. The molecule has 1 rings (SSSR count). The van der Waals surface area contributed by atoms with Crippen molar-refractivity contribution in [3.63, 3.8) is 0 Å². The van der Waals surface area contributed by atoms with E-state index < -0.39 is 10.0 Å². The molecular formula is C14H22ClNO2S. The Morgan fingerprint density at radius 3 is 2.42 bits per heavy atom. The van der Waals surface area contributed by atoms with Gasteiger partial charge in [0.15, 0.2) is 0 Å². The van der Waals surface area contributed by atoms with Gasteiger partial charge in [0.25, 0.3) is 0 Å². The summed E-state index contributed by atoms with van der Waals surface area (Å²) >= 11 is 5.70. The van der Waals surface area contributed by atoms with E-state index in [1.54, 1.807) is 4.31 Å². The summed E-state index contributed by atoms with van der Waals surface area (Å²) in [7, 11) is -3.21. The van der Waals surface area contributed by atoms with Crippen molar-refractivity contribution in [3.05, 3.63) is 35.9 Å². The number of sulfonamides is 1. The van der Waals surface area contributed by atoms with Crippen LogP contribution in [0.1, 0.15) is 19.4 Å². The van der Waals surface area contributed by atoms with Gasteiger partial charge in [-0.1, -0.05) is 44.2 Å². The second kappa shape index (κ2) is 7.88. The summed E-state index contributed by atoms with van der Waals surface area (Å²) in [5, 5.41) is 0. The third-order valence-electron chi connectivity index (χ3n) is 3.00. The zero-order chi connectivity index (χ0) is 14.3. The van der Waals surface area contributed by atoms with Gasteiger partial charge in [-0.3, -0.25) is 0 Å². The SMILES string of the molecule is CCN(CCc1ccccc1)S(=O)(=O)CC(C)CCl. The van der Waals surface area contributed by atoms with Gasteiger partial charge in [-0.25, -0.2) is 12.7 Å². The number of rotatable bonds is 8. The van der Waals surface area contributed by atoms with Crippen LogP contribution in [0.4, 0.5) is 0 Å². The minimum atomic E-state index is -3.21. The quantitative estimate of drug-likeness (QED) is 0.693. The molecule has 0 aromatic heterocycles. The molecule has 0 N–H and O–H groups in total. The fourth-order valence-electron chi connectivity index (χ4n) is 1.90. The highest BCUT2D eigenvalue weighted by Crippen LogP contribution is 2.10. The average molecular weight is 304 g/mol. The van der Waals surface area contributed by atoms with E-state index in [0.717, 1.165) is 12.0 Å². The Labute approximate surface area is 121 Å². The van der Waals surface area contributed by atoms with Crippen LogP contribution < -0.4 is 0 Å². The number of nitrogens with zero attached hydrogens (tertiary/aromatic N) is 1. The van der Waals surface area contributed by atoms with Crippen LogP contribution in [-0.4, -0.2) is 37.4 Å². The molecule has 0 aliphatic heterocycles. The molecule has 1 atom stereocenters. The molecule has 1 aromatic carbocycles. The molecule has 0 amide bonds. The van der Waals surface area contributed by atoms with Crippen molar-refractivity contribution < 1.29 is 8.42 Å². The van der Waals surface area contributed by atoms with Crippen LogP contribution in [0.25, 0.3) is 0 Å². The highest BCUT2D eigenvalue weighted by atomic mass is 35.5. The van der Waals surface area contributed by atoms with Gasteiger partial charge in [-0.2, -0.15) is 0 Å². The second-order valence-electron chi connectivity index (χ2n) is 4.77. The van der Waals surface area contributed by atoms with Crippen molar-refractivity contribution in [2.45, 2.75) is 20.3 Å². The molecule has 0 radical (unpaired) electrons. The second-order valence-corrected chi connectivity index (χ2v) is 7.09. The first-order valence-electron chi connectivity index (χ1n) is 6.57. The predicted molar refractivity (Wildman–Crippen MR) is 81.1 cm³/mol. The molecule has 1 unspecified atom stereocenters. The minimum absolute atomic E-state index is 0.0163. The van der Waals surface area contributed by atoms with Crippen molar-refractivity contribution in [1.29, 1.82) is 0 Å². The summed E-state index contributed by atoms with van der Waals surface area (Å²) in [6.07, 6.45) is 0.739. The van der Waals surface area contributed by atoms with Gasteiger partial charge in [0.2, 0.25) is 10.0 Å². The molecule has 0 heterocycles. The number of benzene rings is 1. The molecule has 3 nitrogen and oxygen atoms in total. The predicted octanol–water partition coefficient (Wildman–Crippen LogP) is 2.76. The first-order valence-corrected chi connectivity index (χ1v) is 8.71. The number of alkyl halides is 1. The van der Waals surface area contributed by atoms with Crippen LogP contribution in [0.5, 0.6) is 0 Å². The molecule has 0 spiro atoms. The van der Waals surface area contributed by atoms with Gasteiger partial charge in [-0.15, -0.1) is 11.6 Å². The Bertz CT molecular complexity index is 462. The molecule has 0 aliphatic carbocycles. The van der Waals surface area contributed by atoms with E-state index in [9.17, 15) is 8.42 Å². The van der Waals surface area contributed by atoms with E-state index in [0.29, 0.717) is 19.0 Å². The van der Waals surface area contributed by atoms with Crippen molar-refractivity contribution in [1.82, 2.24) is 4.31 Å². The van der Waals surface area contributed by atoms with Gasteiger partial charge in [0, 0.05) is 19.0 Å². The lowest BCUT2D eigenvalue weighted by atomic mass is 10.1. The summed E-state index contributed by atoms with van der Waals surface area (Å²) < 4.78 is 26.0. The molecule has 5 heteroatoms. The number of likely N-dealkylation sites (N-methyl/N-ethyl adjacent to an activating group) is 1. The van der Waals surface area contributed by atoms with Crippen LogP contribution in [0.15, 0.2) is 30.3 Å². The average Bonchev–Trinajstić information content (AvgIpc) is 2.39. The fourth-order valence-corrected chi connectivity index (χ4v) is 3.95. The van der Waals surface area contributed by atoms with Crippen molar-refractivity contribution >= 4 is 21.6 Å². The first kappa shape index (κ1) is 16.5. The lowest BCUT2D eigenvalue weighted by Crippen LogP contribution is -2.36. The largest absolute Gasteiger partial charge is 0.214 e. The van der Waals surface area contributed by atoms with Gasteiger partial charge >= 0.3 is 0 Å². The Kier molecular flexibility index (Phi) is 6.83. The summed E-state index contributed by atoms with van der Waals surface area (Å²) in [6.45, 7) is 4.76. The lowest BCUT2D eigenvalue weighted by molar-refractivity contribution is 0.426. The summed E-state index contributed by atoms with van der Waals surface area (Å²) in [6, 6.07) is 9.93. The zero-order valence-electron chi connectivity index (χ0n) is 11.5. The monoisotopic (exact) mass is 303 g/mol. The van der Waals surface area contributed by atoms with E-state index in [2.05, 4.69) is 0 Å². The molecule has 19 heavy (non-hydrogen) atoms. The van der Waals surface area contributed by atoms with Crippen LogP contribution >= 0.6 is 11.6 Å². The Morgan fingerprint density at radius 1 is 1.26 bits per heavy atom. The van der Waals surface area contributed by atoms with E-state index in [1.165, 1.54) is 0 Å². The maximum atomic E-state index is 12.2. The third kappa shape index (κ3) is 5.51. The van der Waals surface area contributed by atoms with Crippen LogP contribution in [0, 0.1) is 5.92 Å². The van der Waals surface area contributed by atoms with Crippen molar-refractivity contribution in [2.24, 2.45) is 5.92 Å². The number of halogens is 1.